The molecule has 0 spiro atoms. The molecule has 1 aromatic heterocycles. The zero-order chi connectivity index (χ0) is 15.0. The van der Waals surface area contributed by atoms with Crippen molar-refractivity contribution in [3.63, 3.8) is 0 Å². The lowest BCUT2D eigenvalue weighted by molar-refractivity contribution is 0.0697. The van der Waals surface area contributed by atoms with Crippen LogP contribution in [0.5, 0.6) is 0 Å². The minimum absolute atomic E-state index is 0.301. The van der Waals surface area contributed by atoms with Gasteiger partial charge in [0.15, 0.2) is 0 Å². The first kappa shape index (κ1) is 13.9. The Morgan fingerprint density at radius 1 is 1.33 bits per heavy atom. The van der Waals surface area contributed by atoms with E-state index < -0.39 is 5.97 Å². The zero-order valence-electron chi connectivity index (χ0n) is 12.4. The molecule has 1 N–H and O–H groups in total. The summed E-state index contributed by atoms with van der Waals surface area (Å²) >= 11 is 0. The Morgan fingerprint density at radius 3 is 2.81 bits per heavy atom. The highest BCUT2D eigenvalue weighted by Crippen LogP contribution is 2.35. The van der Waals surface area contributed by atoms with Gasteiger partial charge in [-0.15, -0.1) is 0 Å². The second-order valence-corrected chi connectivity index (χ2v) is 6.01. The summed E-state index contributed by atoms with van der Waals surface area (Å²) in [6.07, 6.45) is 3.68. The average molecular weight is 284 g/mol. The number of aromatic nitrogens is 1. The van der Waals surface area contributed by atoms with Crippen molar-refractivity contribution in [2.45, 2.75) is 32.7 Å². The smallest absolute Gasteiger partial charge is 0.339 e. The van der Waals surface area contributed by atoms with E-state index in [0.29, 0.717) is 17.5 Å². The van der Waals surface area contributed by atoms with Gasteiger partial charge in [0.1, 0.15) is 5.56 Å². The second-order valence-electron chi connectivity index (χ2n) is 6.01. The fraction of sp³-hybridized carbons (Fsp3) is 0.412. The van der Waals surface area contributed by atoms with Gasteiger partial charge in [0.05, 0.1) is 11.2 Å². The number of pyridine rings is 1. The van der Waals surface area contributed by atoms with Gasteiger partial charge in [-0.05, 0) is 31.7 Å². The molecule has 0 amide bonds. The van der Waals surface area contributed by atoms with E-state index in [1.54, 1.807) is 0 Å². The Bertz CT molecular complexity index is 684. The summed E-state index contributed by atoms with van der Waals surface area (Å²) in [5, 5.41) is 10.5. The van der Waals surface area contributed by atoms with Crippen LogP contribution in [0, 0.1) is 5.92 Å². The van der Waals surface area contributed by atoms with Crippen molar-refractivity contribution in [2.75, 3.05) is 11.4 Å². The van der Waals surface area contributed by atoms with Crippen LogP contribution < -0.4 is 4.90 Å². The van der Waals surface area contributed by atoms with Gasteiger partial charge in [-0.2, -0.15) is 0 Å². The number of benzene rings is 1. The molecule has 3 rings (SSSR count). The molecule has 1 aliphatic rings. The highest BCUT2D eigenvalue weighted by molar-refractivity contribution is 6.04. The van der Waals surface area contributed by atoms with Gasteiger partial charge in [-0.25, -0.2) is 4.79 Å². The van der Waals surface area contributed by atoms with Crippen molar-refractivity contribution in [1.29, 1.82) is 0 Å². The quantitative estimate of drug-likeness (QED) is 0.916. The number of carboxylic acid groups (broad SMARTS) is 1. The van der Waals surface area contributed by atoms with E-state index in [-0.39, 0.29) is 0 Å². The zero-order valence-corrected chi connectivity index (χ0v) is 12.4. The van der Waals surface area contributed by atoms with Gasteiger partial charge in [-0.1, -0.05) is 25.1 Å². The molecule has 0 radical (unpaired) electrons. The van der Waals surface area contributed by atoms with Crippen LogP contribution in [-0.4, -0.2) is 28.6 Å². The average Bonchev–Trinajstić information content (AvgIpc) is 2.46. The lowest BCUT2D eigenvalue weighted by Crippen LogP contribution is -2.41. The molecule has 0 saturated carbocycles. The first-order valence-electron chi connectivity index (χ1n) is 7.45. The number of carboxylic acids is 1. The van der Waals surface area contributed by atoms with Gasteiger partial charge in [0.25, 0.3) is 0 Å². The van der Waals surface area contributed by atoms with E-state index in [0.717, 1.165) is 36.0 Å². The van der Waals surface area contributed by atoms with Gasteiger partial charge in [-0.3, -0.25) is 4.98 Å². The molecule has 21 heavy (non-hydrogen) atoms. The first-order valence-corrected chi connectivity index (χ1v) is 7.45. The number of rotatable bonds is 2. The maximum atomic E-state index is 11.6. The number of hydrogen-bond donors (Lipinski definition) is 1. The van der Waals surface area contributed by atoms with Crippen molar-refractivity contribution < 1.29 is 9.90 Å². The number of aromatic carboxylic acids is 1. The Hall–Kier alpha value is -2.10. The van der Waals surface area contributed by atoms with Crippen molar-refractivity contribution >= 4 is 22.6 Å². The molecule has 1 fully saturated rings. The third-order valence-corrected chi connectivity index (χ3v) is 4.40. The molecule has 110 valence electrons. The van der Waals surface area contributed by atoms with Crippen molar-refractivity contribution in [3.05, 3.63) is 36.0 Å². The summed E-state index contributed by atoms with van der Waals surface area (Å²) in [5.41, 5.74) is 1.98. The lowest BCUT2D eigenvalue weighted by Gasteiger charge is -2.39. The molecule has 2 atom stereocenters. The molecule has 2 aromatic rings. The predicted molar refractivity (Wildman–Crippen MR) is 83.9 cm³/mol. The van der Waals surface area contributed by atoms with E-state index >= 15 is 0 Å². The Labute approximate surface area is 124 Å². The van der Waals surface area contributed by atoms with Gasteiger partial charge in [0, 0.05) is 24.2 Å². The first-order chi connectivity index (χ1) is 10.1. The molecular weight excluding hydrogens is 264 g/mol. The van der Waals surface area contributed by atoms with E-state index in [9.17, 15) is 9.90 Å². The summed E-state index contributed by atoms with van der Waals surface area (Å²) in [7, 11) is 0. The third kappa shape index (κ3) is 2.46. The normalized spacial score (nSPS) is 22.5. The van der Waals surface area contributed by atoms with Crippen LogP contribution in [-0.2, 0) is 0 Å². The molecule has 4 nitrogen and oxygen atoms in total. The van der Waals surface area contributed by atoms with E-state index in [2.05, 4.69) is 23.7 Å². The fourth-order valence-corrected chi connectivity index (χ4v) is 3.33. The minimum atomic E-state index is -0.908. The number of carbonyl (C=O) groups is 1. The second kappa shape index (κ2) is 5.35. The number of hydrogen-bond acceptors (Lipinski definition) is 3. The molecule has 4 heteroatoms. The number of para-hydroxylation sites is 1. The Kier molecular flexibility index (Phi) is 3.53. The van der Waals surface area contributed by atoms with E-state index in [1.165, 1.54) is 6.20 Å². The van der Waals surface area contributed by atoms with Crippen LogP contribution in [0.1, 0.15) is 37.0 Å². The van der Waals surface area contributed by atoms with Crippen LogP contribution in [0.15, 0.2) is 30.5 Å². The largest absolute Gasteiger partial charge is 0.478 e. The maximum Gasteiger partial charge on any atom is 0.339 e. The summed E-state index contributed by atoms with van der Waals surface area (Å²) in [4.78, 5) is 18.1. The van der Waals surface area contributed by atoms with E-state index in [1.807, 2.05) is 24.3 Å². The van der Waals surface area contributed by atoms with Crippen LogP contribution in [0.2, 0.25) is 0 Å². The number of nitrogens with zero attached hydrogens (tertiary/aromatic N) is 2. The Morgan fingerprint density at radius 2 is 2.10 bits per heavy atom. The van der Waals surface area contributed by atoms with Crippen molar-refractivity contribution in [3.8, 4) is 0 Å². The molecule has 0 bridgehead atoms. The van der Waals surface area contributed by atoms with Gasteiger partial charge < -0.3 is 10.0 Å². The van der Waals surface area contributed by atoms with Gasteiger partial charge >= 0.3 is 5.97 Å². The summed E-state index contributed by atoms with van der Waals surface area (Å²) in [6.45, 7) is 5.34. The molecule has 1 saturated heterocycles. The number of fused-ring (bicyclic) bond motifs is 1. The van der Waals surface area contributed by atoms with Crippen LogP contribution in [0.3, 0.4) is 0 Å². The molecule has 1 aromatic carbocycles. The summed E-state index contributed by atoms with van der Waals surface area (Å²) in [6, 6.07) is 8.12. The number of piperidine rings is 1. The molecule has 1 aliphatic heterocycles. The van der Waals surface area contributed by atoms with Crippen LogP contribution in [0.4, 0.5) is 5.69 Å². The summed E-state index contributed by atoms with van der Waals surface area (Å²) in [5.74, 6) is -0.216. The maximum absolute atomic E-state index is 11.6. The SMILES string of the molecule is CC1CCN(c2c(C(=O)O)cnc3ccccc23)C(C)C1. The molecule has 2 unspecified atom stereocenters. The number of anilines is 1. The highest BCUT2D eigenvalue weighted by Gasteiger charge is 2.28. The fourth-order valence-electron chi connectivity index (χ4n) is 3.33. The van der Waals surface area contributed by atoms with Crippen molar-refractivity contribution in [1.82, 2.24) is 4.98 Å². The van der Waals surface area contributed by atoms with Gasteiger partial charge in [0.2, 0.25) is 0 Å². The third-order valence-electron chi connectivity index (χ3n) is 4.40. The minimum Gasteiger partial charge on any atom is -0.478 e. The van der Waals surface area contributed by atoms with Crippen molar-refractivity contribution in [2.24, 2.45) is 5.92 Å². The van der Waals surface area contributed by atoms with Crippen LogP contribution >= 0.6 is 0 Å². The predicted octanol–water partition coefficient (Wildman–Crippen LogP) is 3.56. The van der Waals surface area contributed by atoms with Crippen LogP contribution in [0.25, 0.3) is 10.9 Å². The lowest BCUT2D eigenvalue weighted by atomic mass is 9.92. The molecule has 2 heterocycles. The Balaban J connectivity index is 2.19. The molecular formula is C17H20N2O2. The standard InChI is InChI=1S/C17H20N2O2/c1-11-7-8-19(12(2)9-11)16-13-5-3-4-6-15(13)18-10-14(16)17(20)21/h3-6,10-12H,7-9H2,1-2H3,(H,20,21). The highest BCUT2D eigenvalue weighted by atomic mass is 16.4. The monoisotopic (exact) mass is 284 g/mol. The van der Waals surface area contributed by atoms with E-state index in [4.69, 9.17) is 0 Å². The molecule has 0 aliphatic carbocycles. The topological polar surface area (TPSA) is 53.4 Å². The summed E-state index contributed by atoms with van der Waals surface area (Å²) < 4.78 is 0.